The highest BCUT2D eigenvalue weighted by atomic mass is 16.6. The van der Waals surface area contributed by atoms with Gasteiger partial charge in [-0.1, -0.05) is 0 Å². The highest BCUT2D eigenvalue weighted by Gasteiger charge is 2.52. The first kappa shape index (κ1) is 13.2. The van der Waals surface area contributed by atoms with E-state index in [1.54, 1.807) is 12.1 Å². The maximum Gasteiger partial charge on any atom is 0.169 e. The molecule has 1 aliphatic rings. The highest BCUT2D eigenvalue weighted by Crippen LogP contribution is 2.37. The molecule has 2 aromatic rings. The molecule has 4 atom stereocenters. The summed E-state index contributed by atoms with van der Waals surface area (Å²) < 4.78 is 6.87. The molecule has 2 aromatic heterocycles. The van der Waals surface area contributed by atoms with Crippen molar-refractivity contribution in [3.63, 3.8) is 0 Å². The lowest BCUT2D eigenvalue weighted by atomic mass is 10.0. The Balaban J connectivity index is 2.06. The van der Waals surface area contributed by atoms with Crippen molar-refractivity contribution in [1.29, 1.82) is 0 Å². The summed E-state index contributed by atoms with van der Waals surface area (Å²) in [7, 11) is 0. The second-order valence-electron chi connectivity index (χ2n) is 4.79. The van der Waals surface area contributed by atoms with E-state index in [0.717, 1.165) is 0 Å². The lowest BCUT2D eigenvalue weighted by molar-refractivity contribution is -0.109. The zero-order valence-electron chi connectivity index (χ0n) is 10.4. The third-order valence-electron chi connectivity index (χ3n) is 3.53. The molecular weight excluding hydrogens is 266 g/mol. The van der Waals surface area contributed by atoms with Crippen LogP contribution in [0.25, 0.3) is 5.52 Å². The van der Waals surface area contributed by atoms with Crippen LogP contribution in [0.2, 0.25) is 0 Å². The van der Waals surface area contributed by atoms with Gasteiger partial charge in [0, 0.05) is 0 Å². The van der Waals surface area contributed by atoms with E-state index in [0.29, 0.717) is 11.2 Å². The predicted molar refractivity (Wildman–Crippen MR) is 67.2 cm³/mol. The van der Waals surface area contributed by atoms with Crippen molar-refractivity contribution in [1.82, 2.24) is 14.6 Å². The number of nitrogen functional groups attached to an aromatic ring is 1. The number of anilines is 1. The number of aliphatic hydroxyl groups excluding tert-OH is 3. The Morgan fingerprint density at radius 1 is 1.40 bits per heavy atom. The number of fused-ring (bicyclic) bond motifs is 1. The monoisotopic (exact) mass is 281 g/mol. The van der Waals surface area contributed by atoms with Gasteiger partial charge in [-0.3, -0.25) is 5.73 Å². The number of nitrogens with zero attached hydrogens (tertiary/aromatic N) is 3. The van der Waals surface area contributed by atoms with E-state index in [-0.39, 0.29) is 5.82 Å². The zero-order chi connectivity index (χ0) is 14.5. The van der Waals surface area contributed by atoms with E-state index in [4.69, 9.17) is 16.2 Å². The first-order valence-corrected chi connectivity index (χ1v) is 6.00. The van der Waals surface area contributed by atoms with Gasteiger partial charge in [0.1, 0.15) is 30.2 Å². The summed E-state index contributed by atoms with van der Waals surface area (Å²) in [5, 5.41) is 33.2. The normalized spacial score (nSPS) is 33.9. The first-order chi connectivity index (χ1) is 9.48. The minimum absolute atomic E-state index is 0.278. The molecule has 1 saturated heterocycles. The maximum absolute atomic E-state index is 10.1. The van der Waals surface area contributed by atoms with Gasteiger partial charge >= 0.3 is 0 Å². The molecule has 1 aliphatic heterocycles. The van der Waals surface area contributed by atoms with Gasteiger partial charge < -0.3 is 25.8 Å². The molecule has 0 aliphatic carbocycles. The van der Waals surface area contributed by atoms with Crippen LogP contribution in [0.4, 0.5) is 5.82 Å². The Labute approximate surface area is 113 Å². The molecular formula is C11H15N5O4. The molecule has 0 spiro atoms. The van der Waals surface area contributed by atoms with Crippen LogP contribution in [0.1, 0.15) is 11.8 Å². The van der Waals surface area contributed by atoms with Crippen LogP contribution in [0.15, 0.2) is 18.5 Å². The summed E-state index contributed by atoms with van der Waals surface area (Å²) in [5.74, 6) is 0.278. The fraction of sp³-hybridized carbons (Fsp3) is 0.455. The Bertz CT molecular complexity index is 647. The topological polar surface area (TPSA) is 152 Å². The average Bonchev–Trinajstić information content (AvgIpc) is 2.96. The van der Waals surface area contributed by atoms with Gasteiger partial charge in [-0.15, -0.1) is 0 Å². The van der Waals surface area contributed by atoms with Crippen LogP contribution < -0.4 is 11.5 Å². The molecule has 0 unspecified atom stereocenters. The van der Waals surface area contributed by atoms with E-state index in [9.17, 15) is 15.3 Å². The quantitative estimate of drug-likeness (QED) is 0.414. The van der Waals surface area contributed by atoms with Crippen molar-refractivity contribution < 1.29 is 20.1 Å². The van der Waals surface area contributed by atoms with Crippen molar-refractivity contribution >= 4 is 11.3 Å². The lowest BCUT2D eigenvalue weighted by Crippen LogP contribution is -2.54. The van der Waals surface area contributed by atoms with Gasteiger partial charge in [-0.05, 0) is 12.1 Å². The highest BCUT2D eigenvalue weighted by molar-refractivity contribution is 5.65. The predicted octanol–water partition coefficient (Wildman–Crippen LogP) is -2.25. The van der Waals surface area contributed by atoms with Crippen molar-refractivity contribution in [3.05, 3.63) is 24.2 Å². The van der Waals surface area contributed by atoms with Crippen LogP contribution in [0.5, 0.6) is 0 Å². The van der Waals surface area contributed by atoms with E-state index in [2.05, 4.69) is 10.1 Å². The van der Waals surface area contributed by atoms with E-state index >= 15 is 0 Å². The second-order valence-corrected chi connectivity index (χ2v) is 4.79. The molecule has 7 N–H and O–H groups in total. The fourth-order valence-electron chi connectivity index (χ4n) is 2.39. The van der Waals surface area contributed by atoms with E-state index in [1.165, 1.54) is 10.8 Å². The standard InChI is InChI=1S/C11H15N5O4/c12-10-6-2-1-5(16(6)15-4-14-10)8-7(18)9(19)11(13,3-17)20-8/h1-2,4,7-9,17-19H,3,13H2,(H2,12,14,15)/t7-,8-,9-,11+/m0/s1. The molecule has 108 valence electrons. The number of aliphatic hydroxyl groups is 3. The molecule has 0 bridgehead atoms. The van der Waals surface area contributed by atoms with Gasteiger partial charge in [0.25, 0.3) is 0 Å². The van der Waals surface area contributed by atoms with Crippen molar-refractivity contribution in [2.45, 2.75) is 24.0 Å². The molecule has 9 nitrogen and oxygen atoms in total. The summed E-state index contributed by atoms with van der Waals surface area (Å²) in [6.07, 6.45) is -2.37. The maximum atomic E-state index is 10.1. The molecule has 9 heteroatoms. The van der Waals surface area contributed by atoms with Gasteiger partial charge in [-0.2, -0.15) is 5.10 Å². The largest absolute Gasteiger partial charge is 0.392 e. The first-order valence-electron chi connectivity index (χ1n) is 6.00. The van der Waals surface area contributed by atoms with Crippen LogP contribution in [0, 0.1) is 0 Å². The fourth-order valence-corrected chi connectivity index (χ4v) is 2.39. The number of rotatable bonds is 2. The third-order valence-corrected chi connectivity index (χ3v) is 3.53. The lowest BCUT2D eigenvalue weighted by Gasteiger charge is -2.24. The average molecular weight is 281 g/mol. The molecule has 0 saturated carbocycles. The third kappa shape index (κ3) is 1.69. The Kier molecular flexibility index (Phi) is 2.88. The van der Waals surface area contributed by atoms with Crippen LogP contribution in [-0.4, -0.2) is 54.5 Å². The van der Waals surface area contributed by atoms with Crippen LogP contribution in [0.3, 0.4) is 0 Å². The molecule has 1 fully saturated rings. The molecule has 0 aromatic carbocycles. The SMILES string of the molecule is Nc1ncnn2c([C@@H]3O[C@](N)(CO)[C@@H](O)[C@H]3O)ccc12. The summed E-state index contributed by atoms with van der Waals surface area (Å²) in [6, 6.07) is 3.31. The number of hydrogen-bond acceptors (Lipinski definition) is 8. The Morgan fingerprint density at radius 2 is 2.15 bits per heavy atom. The number of hydrogen-bond donors (Lipinski definition) is 5. The smallest absolute Gasteiger partial charge is 0.169 e. The molecule has 3 rings (SSSR count). The van der Waals surface area contributed by atoms with Crippen LogP contribution in [-0.2, 0) is 4.74 Å². The Morgan fingerprint density at radius 3 is 2.80 bits per heavy atom. The van der Waals surface area contributed by atoms with Crippen LogP contribution >= 0.6 is 0 Å². The van der Waals surface area contributed by atoms with Gasteiger partial charge in [0.05, 0.1) is 12.3 Å². The van der Waals surface area contributed by atoms with E-state index < -0.39 is 30.6 Å². The zero-order valence-corrected chi connectivity index (χ0v) is 10.4. The van der Waals surface area contributed by atoms with Gasteiger partial charge in [0.2, 0.25) is 0 Å². The van der Waals surface area contributed by atoms with Gasteiger partial charge in [0.15, 0.2) is 11.5 Å². The minimum Gasteiger partial charge on any atom is -0.392 e. The van der Waals surface area contributed by atoms with Gasteiger partial charge in [-0.25, -0.2) is 9.50 Å². The molecule has 20 heavy (non-hydrogen) atoms. The van der Waals surface area contributed by atoms with E-state index in [1.807, 2.05) is 0 Å². The molecule has 0 radical (unpaired) electrons. The summed E-state index contributed by atoms with van der Waals surface area (Å²) in [6.45, 7) is -0.623. The number of ether oxygens (including phenoxy) is 1. The number of aromatic nitrogens is 3. The summed E-state index contributed by atoms with van der Waals surface area (Å²) in [5.41, 5.74) is 10.7. The summed E-state index contributed by atoms with van der Waals surface area (Å²) >= 11 is 0. The number of nitrogens with two attached hydrogens (primary N) is 2. The second kappa shape index (κ2) is 4.36. The van der Waals surface area contributed by atoms with Crippen molar-refractivity contribution in [2.75, 3.05) is 12.3 Å². The summed E-state index contributed by atoms with van der Waals surface area (Å²) in [4.78, 5) is 3.85. The molecule has 0 amide bonds. The van der Waals surface area contributed by atoms with Crippen molar-refractivity contribution in [3.8, 4) is 0 Å². The van der Waals surface area contributed by atoms with Crippen molar-refractivity contribution in [2.24, 2.45) is 5.73 Å². The minimum atomic E-state index is -1.72. The molecule has 3 heterocycles. The Hall–Kier alpha value is -1.78.